The fraction of sp³-hybridized carbons (Fsp3) is 0.375. The molecule has 0 saturated heterocycles. The Morgan fingerprint density at radius 3 is 3.21 bits per heavy atom. The van der Waals surface area contributed by atoms with E-state index in [0.717, 1.165) is 11.3 Å². The van der Waals surface area contributed by atoms with Crippen molar-refractivity contribution in [2.45, 2.75) is 12.5 Å². The number of nitriles is 1. The normalized spacial score (nSPS) is 11.8. The average molecular weight is 212 g/mol. The Morgan fingerprint density at radius 1 is 1.93 bits per heavy atom. The van der Waals surface area contributed by atoms with Crippen LogP contribution < -0.4 is 0 Å². The fourth-order valence-corrected chi connectivity index (χ4v) is 1.63. The van der Waals surface area contributed by atoms with Crippen LogP contribution in [0.5, 0.6) is 0 Å². The molecule has 0 amide bonds. The van der Waals surface area contributed by atoms with Gasteiger partial charge in [-0.2, -0.15) is 5.26 Å². The number of rotatable bonds is 3. The van der Waals surface area contributed by atoms with E-state index in [9.17, 15) is 9.90 Å². The number of aliphatic hydroxyl groups excluding tert-OH is 1. The van der Waals surface area contributed by atoms with Gasteiger partial charge in [-0.3, -0.25) is 0 Å². The monoisotopic (exact) mass is 212 g/mol. The average Bonchev–Trinajstić information content (AvgIpc) is 2.66. The number of hydrogen-bond acceptors (Lipinski definition) is 6. The summed E-state index contributed by atoms with van der Waals surface area (Å²) < 4.78 is 4.47. The van der Waals surface area contributed by atoms with E-state index in [1.807, 2.05) is 6.07 Å². The van der Waals surface area contributed by atoms with E-state index in [2.05, 4.69) is 9.72 Å². The van der Waals surface area contributed by atoms with Gasteiger partial charge in [0, 0.05) is 0 Å². The Kier molecular flexibility index (Phi) is 3.56. The molecule has 0 bridgehead atoms. The summed E-state index contributed by atoms with van der Waals surface area (Å²) in [5, 5.41) is 18.1. The topological polar surface area (TPSA) is 83.2 Å². The number of hydrogen-bond donors (Lipinski definition) is 1. The number of methoxy groups -OCH3 is 1. The maximum absolute atomic E-state index is 11.0. The molecule has 1 aromatic heterocycles. The van der Waals surface area contributed by atoms with Crippen molar-refractivity contribution in [3.8, 4) is 6.07 Å². The number of nitrogens with zero attached hydrogens (tertiary/aromatic N) is 2. The lowest BCUT2D eigenvalue weighted by atomic mass is 10.3. The van der Waals surface area contributed by atoms with Crippen LogP contribution in [-0.4, -0.2) is 23.2 Å². The standard InChI is InChI=1S/C8H8N2O3S/c1-13-8(12)6-4-10-7(14-6)5(11)2-3-9/h4-5,11H,2H2,1H3. The molecule has 0 saturated carbocycles. The molecule has 1 atom stereocenters. The van der Waals surface area contributed by atoms with Gasteiger partial charge < -0.3 is 9.84 Å². The number of ether oxygens (including phenoxy) is 1. The Labute approximate surface area is 84.6 Å². The molecular weight excluding hydrogens is 204 g/mol. The van der Waals surface area contributed by atoms with Crippen LogP contribution in [-0.2, 0) is 4.74 Å². The smallest absolute Gasteiger partial charge is 0.349 e. The predicted octanol–water partition coefficient (Wildman–Crippen LogP) is 0.877. The number of thiazole rings is 1. The molecule has 14 heavy (non-hydrogen) atoms. The van der Waals surface area contributed by atoms with Gasteiger partial charge >= 0.3 is 5.97 Å². The van der Waals surface area contributed by atoms with E-state index in [0.29, 0.717) is 9.88 Å². The Bertz CT molecular complexity index is 369. The van der Waals surface area contributed by atoms with Crippen LogP contribution in [0, 0.1) is 11.3 Å². The maximum Gasteiger partial charge on any atom is 0.349 e. The zero-order valence-electron chi connectivity index (χ0n) is 7.43. The highest BCUT2D eigenvalue weighted by Gasteiger charge is 2.15. The summed E-state index contributed by atoms with van der Waals surface area (Å²) >= 11 is 1.03. The molecule has 1 unspecified atom stereocenters. The van der Waals surface area contributed by atoms with Crippen molar-refractivity contribution in [3.05, 3.63) is 16.1 Å². The summed E-state index contributed by atoms with van der Waals surface area (Å²) in [5.74, 6) is -0.488. The van der Waals surface area contributed by atoms with Gasteiger partial charge in [-0.25, -0.2) is 9.78 Å². The summed E-state index contributed by atoms with van der Waals surface area (Å²) in [6.45, 7) is 0. The van der Waals surface area contributed by atoms with Gasteiger partial charge in [-0.15, -0.1) is 11.3 Å². The van der Waals surface area contributed by atoms with Crippen LogP contribution >= 0.6 is 11.3 Å². The lowest BCUT2D eigenvalue weighted by molar-refractivity contribution is 0.0606. The van der Waals surface area contributed by atoms with Crippen molar-refractivity contribution < 1.29 is 14.6 Å². The first-order chi connectivity index (χ1) is 6.69. The molecule has 0 aliphatic carbocycles. The minimum Gasteiger partial charge on any atom is -0.465 e. The second kappa shape index (κ2) is 4.69. The molecule has 5 nitrogen and oxygen atoms in total. The van der Waals surface area contributed by atoms with E-state index < -0.39 is 12.1 Å². The first kappa shape index (κ1) is 10.6. The van der Waals surface area contributed by atoms with Crippen molar-refractivity contribution >= 4 is 17.3 Å². The molecule has 0 fully saturated rings. The van der Waals surface area contributed by atoms with Gasteiger partial charge in [0.2, 0.25) is 0 Å². The molecule has 0 aliphatic rings. The predicted molar refractivity (Wildman–Crippen MR) is 48.6 cm³/mol. The van der Waals surface area contributed by atoms with E-state index in [1.54, 1.807) is 0 Å². The molecule has 1 rings (SSSR count). The number of carbonyl (C=O) groups is 1. The van der Waals surface area contributed by atoms with Gasteiger partial charge in [0.15, 0.2) is 0 Å². The second-order valence-electron chi connectivity index (χ2n) is 2.43. The fourth-order valence-electron chi connectivity index (χ4n) is 0.810. The maximum atomic E-state index is 11.0. The Morgan fingerprint density at radius 2 is 2.64 bits per heavy atom. The van der Waals surface area contributed by atoms with Gasteiger partial charge in [0.05, 0.1) is 25.8 Å². The third kappa shape index (κ3) is 2.28. The first-order valence-electron chi connectivity index (χ1n) is 3.78. The van der Waals surface area contributed by atoms with Crippen LogP contribution in [0.15, 0.2) is 6.20 Å². The van der Waals surface area contributed by atoms with Crippen molar-refractivity contribution in [2.75, 3.05) is 7.11 Å². The lowest BCUT2D eigenvalue weighted by Crippen LogP contribution is -1.97. The number of carbonyl (C=O) groups excluding carboxylic acids is 1. The number of aromatic nitrogens is 1. The van der Waals surface area contributed by atoms with E-state index in [-0.39, 0.29) is 6.42 Å². The van der Waals surface area contributed by atoms with Crippen LogP contribution in [0.2, 0.25) is 0 Å². The summed E-state index contributed by atoms with van der Waals surface area (Å²) in [7, 11) is 1.27. The molecule has 0 aliphatic heterocycles. The highest BCUT2D eigenvalue weighted by Crippen LogP contribution is 2.22. The Hall–Kier alpha value is -1.45. The van der Waals surface area contributed by atoms with Crippen LogP contribution in [0.25, 0.3) is 0 Å². The van der Waals surface area contributed by atoms with Crippen molar-refractivity contribution in [1.29, 1.82) is 5.26 Å². The summed E-state index contributed by atoms with van der Waals surface area (Å²) in [4.78, 5) is 15.1. The molecule has 74 valence electrons. The third-order valence-electron chi connectivity index (χ3n) is 1.48. The largest absolute Gasteiger partial charge is 0.465 e. The highest BCUT2D eigenvalue weighted by molar-refractivity contribution is 7.13. The SMILES string of the molecule is COC(=O)c1cnc(C(O)CC#N)s1. The van der Waals surface area contributed by atoms with Crippen LogP contribution in [0.4, 0.5) is 0 Å². The third-order valence-corrected chi connectivity index (χ3v) is 2.56. The molecule has 1 N–H and O–H groups in total. The molecule has 0 radical (unpaired) electrons. The first-order valence-corrected chi connectivity index (χ1v) is 4.59. The van der Waals surface area contributed by atoms with E-state index in [1.165, 1.54) is 13.3 Å². The van der Waals surface area contributed by atoms with Crippen molar-refractivity contribution in [3.63, 3.8) is 0 Å². The zero-order chi connectivity index (χ0) is 10.6. The van der Waals surface area contributed by atoms with E-state index in [4.69, 9.17) is 5.26 Å². The summed E-state index contributed by atoms with van der Waals surface area (Å²) in [5.41, 5.74) is 0. The Balaban J connectivity index is 2.78. The molecule has 0 aromatic carbocycles. The van der Waals surface area contributed by atoms with E-state index >= 15 is 0 Å². The summed E-state index contributed by atoms with van der Waals surface area (Å²) in [6.07, 6.45) is 0.365. The minimum atomic E-state index is -0.927. The van der Waals surface area contributed by atoms with Crippen molar-refractivity contribution in [2.24, 2.45) is 0 Å². The van der Waals surface area contributed by atoms with Crippen LogP contribution in [0.1, 0.15) is 27.2 Å². The second-order valence-corrected chi connectivity index (χ2v) is 3.49. The number of aliphatic hydroxyl groups is 1. The van der Waals surface area contributed by atoms with Crippen molar-refractivity contribution in [1.82, 2.24) is 4.98 Å². The van der Waals surface area contributed by atoms with Crippen LogP contribution in [0.3, 0.4) is 0 Å². The lowest BCUT2D eigenvalue weighted by Gasteiger charge is -1.98. The highest BCUT2D eigenvalue weighted by atomic mass is 32.1. The number of esters is 1. The van der Waals surface area contributed by atoms with Gasteiger partial charge in [0.25, 0.3) is 0 Å². The minimum absolute atomic E-state index is 0.0336. The summed E-state index contributed by atoms with van der Waals surface area (Å²) in [6, 6.07) is 1.82. The zero-order valence-corrected chi connectivity index (χ0v) is 8.24. The van der Waals surface area contributed by atoms with Gasteiger partial charge in [0.1, 0.15) is 16.0 Å². The quantitative estimate of drug-likeness (QED) is 0.752. The molecule has 1 aromatic rings. The molecule has 1 heterocycles. The van der Waals surface area contributed by atoms with Gasteiger partial charge in [-0.05, 0) is 0 Å². The molecule has 0 spiro atoms. The van der Waals surface area contributed by atoms with Gasteiger partial charge in [-0.1, -0.05) is 0 Å². The molecular formula is C8H8N2O3S. The molecule has 6 heteroatoms.